The average molecular weight is 517 g/mol. The number of oxime groups is 1. The lowest BCUT2D eigenvalue weighted by Crippen LogP contribution is -2.49. The topological polar surface area (TPSA) is 58.0 Å². The third kappa shape index (κ3) is 4.53. The fourth-order valence-corrected chi connectivity index (χ4v) is 8.74. The van der Waals surface area contributed by atoms with Gasteiger partial charge in [-0.25, -0.2) is 4.79 Å². The van der Waals surface area contributed by atoms with Crippen LogP contribution in [0.1, 0.15) is 77.2 Å². The van der Waals surface area contributed by atoms with E-state index in [9.17, 15) is 4.79 Å². The number of fused-ring (bicyclic) bond motifs is 5. The quantitative estimate of drug-likeness (QED) is 0.329. The van der Waals surface area contributed by atoms with Gasteiger partial charge in [0.1, 0.15) is 0 Å². The highest BCUT2D eigenvalue weighted by molar-refractivity contribution is 5.96. The number of likely N-dealkylation sites (tertiary alicyclic amines) is 1. The molecule has 204 valence electrons. The number of carbonyl (C=O) groups excluding carboxylic acids is 1. The maximum absolute atomic E-state index is 12.5. The summed E-state index contributed by atoms with van der Waals surface area (Å²) in [5, 5.41) is 4.34. The normalized spacial score (nSPS) is 35.7. The summed E-state index contributed by atoms with van der Waals surface area (Å²) in [6.45, 7) is 8.91. The van der Waals surface area contributed by atoms with Gasteiger partial charge in [0.15, 0.2) is 0 Å². The monoisotopic (exact) mass is 516 g/mol. The van der Waals surface area contributed by atoms with E-state index in [2.05, 4.69) is 59.4 Å². The molecule has 0 N–H and O–H groups in total. The molecular weight excluding hydrogens is 472 g/mol. The van der Waals surface area contributed by atoms with Gasteiger partial charge >= 0.3 is 6.09 Å². The fourth-order valence-electron chi connectivity index (χ4n) is 8.74. The van der Waals surface area contributed by atoms with Gasteiger partial charge in [0.05, 0.1) is 5.71 Å². The molecule has 0 radical (unpaired) electrons. The first kappa shape index (κ1) is 25.8. The molecule has 5 atom stereocenters. The molecule has 1 amide bonds. The number of amides is 1. The molecule has 6 heteroatoms. The van der Waals surface area contributed by atoms with Gasteiger partial charge in [-0.3, -0.25) is 9.82 Å². The van der Waals surface area contributed by atoms with Gasteiger partial charge in [-0.1, -0.05) is 36.7 Å². The van der Waals surface area contributed by atoms with Crippen LogP contribution in [0.4, 0.5) is 4.79 Å². The van der Waals surface area contributed by atoms with Crippen LogP contribution in [0, 0.1) is 28.6 Å². The second-order valence-corrected chi connectivity index (χ2v) is 13.0. The Labute approximate surface area is 228 Å². The van der Waals surface area contributed by atoms with Crippen LogP contribution in [0.3, 0.4) is 0 Å². The SMILES string of the molecule is CN(CCN1CCCC1)C(=O)ON=C1C=C2CC[C@H]3[C@H](CC[C@]4(C)C(c5cccnc5)=CC[C@@H]34)[C@@]2(C)CC1. The zero-order valence-electron chi connectivity index (χ0n) is 23.5. The number of hydrogen-bond acceptors (Lipinski definition) is 5. The Kier molecular flexibility index (Phi) is 6.96. The molecule has 1 saturated heterocycles. The van der Waals surface area contributed by atoms with E-state index in [1.54, 1.807) is 4.90 Å². The van der Waals surface area contributed by atoms with E-state index in [0.29, 0.717) is 6.54 Å². The Hall–Kier alpha value is -2.47. The largest absolute Gasteiger partial charge is 0.435 e. The third-order valence-corrected chi connectivity index (χ3v) is 11.0. The first-order chi connectivity index (χ1) is 18.4. The highest BCUT2D eigenvalue weighted by atomic mass is 16.7. The summed E-state index contributed by atoms with van der Waals surface area (Å²) in [4.78, 5) is 26.4. The first-order valence-corrected chi connectivity index (χ1v) is 14.9. The van der Waals surface area contributed by atoms with Gasteiger partial charge in [-0.05, 0) is 123 Å². The van der Waals surface area contributed by atoms with E-state index in [0.717, 1.165) is 62.4 Å². The minimum absolute atomic E-state index is 0.233. The summed E-state index contributed by atoms with van der Waals surface area (Å²) in [6, 6.07) is 4.31. The highest BCUT2D eigenvalue weighted by Gasteiger charge is 2.57. The van der Waals surface area contributed by atoms with Crippen molar-refractivity contribution in [3.63, 3.8) is 0 Å². The van der Waals surface area contributed by atoms with Crippen molar-refractivity contribution >= 4 is 17.4 Å². The van der Waals surface area contributed by atoms with Gasteiger partial charge in [0.2, 0.25) is 0 Å². The van der Waals surface area contributed by atoms with Crippen LogP contribution in [0.2, 0.25) is 0 Å². The van der Waals surface area contributed by atoms with Crippen molar-refractivity contribution in [3.8, 4) is 0 Å². The van der Waals surface area contributed by atoms with Crippen molar-refractivity contribution in [1.29, 1.82) is 0 Å². The van der Waals surface area contributed by atoms with Crippen molar-refractivity contribution in [2.75, 3.05) is 33.2 Å². The smallest absolute Gasteiger partial charge is 0.308 e. The van der Waals surface area contributed by atoms with Gasteiger partial charge in [-0.15, -0.1) is 0 Å². The third-order valence-electron chi connectivity index (χ3n) is 11.0. The number of nitrogens with zero attached hydrogens (tertiary/aromatic N) is 4. The molecule has 2 saturated carbocycles. The maximum Gasteiger partial charge on any atom is 0.435 e. The minimum Gasteiger partial charge on any atom is -0.308 e. The van der Waals surface area contributed by atoms with Crippen molar-refractivity contribution in [2.45, 2.75) is 71.6 Å². The van der Waals surface area contributed by atoms with Crippen molar-refractivity contribution in [2.24, 2.45) is 33.7 Å². The van der Waals surface area contributed by atoms with Crippen LogP contribution >= 0.6 is 0 Å². The number of rotatable bonds is 5. The molecule has 0 aromatic carbocycles. The number of aromatic nitrogens is 1. The molecule has 38 heavy (non-hydrogen) atoms. The highest BCUT2D eigenvalue weighted by Crippen LogP contribution is 2.66. The van der Waals surface area contributed by atoms with Crippen LogP contribution in [0.15, 0.2) is 47.4 Å². The molecule has 3 fully saturated rings. The minimum atomic E-state index is -0.350. The van der Waals surface area contributed by atoms with Crippen LogP contribution in [-0.4, -0.2) is 59.8 Å². The molecule has 6 rings (SSSR count). The second-order valence-electron chi connectivity index (χ2n) is 13.0. The summed E-state index contributed by atoms with van der Waals surface area (Å²) in [5.74, 6) is 2.21. The van der Waals surface area contributed by atoms with E-state index in [4.69, 9.17) is 4.84 Å². The van der Waals surface area contributed by atoms with Gasteiger partial charge in [-0.2, -0.15) is 0 Å². The molecule has 1 aliphatic heterocycles. The lowest BCUT2D eigenvalue weighted by Gasteiger charge is -2.58. The van der Waals surface area contributed by atoms with Crippen LogP contribution in [-0.2, 0) is 4.84 Å². The van der Waals surface area contributed by atoms with Crippen molar-refractivity contribution in [1.82, 2.24) is 14.8 Å². The lowest BCUT2D eigenvalue weighted by atomic mass is 9.46. The molecule has 0 unspecified atom stereocenters. The lowest BCUT2D eigenvalue weighted by molar-refractivity contribution is -0.0190. The Morgan fingerprint density at radius 1 is 1.16 bits per heavy atom. The van der Waals surface area contributed by atoms with E-state index in [1.165, 1.54) is 55.2 Å². The molecule has 1 aromatic rings. The van der Waals surface area contributed by atoms with E-state index in [1.807, 2.05) is 13.2 Å². The van der Waals surface area contributed by atoms with Crippen LogP contribution in [0.25, 0.3) is 5.57 Å². The van der Waals surface area contributed by atoms with Gasteiger partial charge in [0.25, 0.3) is 0 Å². The predicted molar refractivity (Wildman–Crippen MR) is 152 cm³/mol. The Morgan fingerprint density at radius 3 is 2.79 bits per heavy atom. The molecular formula is C32H44N4O2. The molecule has 4 aliphatic carbocycles. The standard InChI is InChI=1S/C32H44N4O2/c1-31-14-12-25(34-38-30(37)35(3)19-20-36-17-4-5-18-36)21-24(31)8-9-26-28-11-10-27(23-7-6-16-33-22-23)32(28,2)15-13-29(26)31/h6-7,10,16,21-22,26,28-29H,4-5,8-9,11-15,17-20H2,1-3H3/t26-,28+,29+,31+,32-/m1/s1. The van der Waals surface area contributed by atoms with Crippen LogP contribution < -0.4 is 0 Å². The summed E-state index contributed by atoms with van der Waals surface area (Å²) in [7, 11) is 1.81. The van der Waals surface area contributed by atoms with Crippen LogP contribution in [0.5, 0.6) is 0 Å². The number of likely N-dealkylation sites (N-methyl/N-ethyl adjacent to an activating group) is 1. The molecule has 0 bridgehead atoms. The zero-order valence-corrected chi connectivity index (χ0v) is 23.5. The number of carbonyl (C=O) groups is 1. The second kappa shape index (κ2) is 10.3. The molecule has 6 nitrogen and oxygen atoms in total. The Bertz CT molecular complexity index is 1140. The van der Waals surface area contributed by atoms with E-state index < -0.39 is 0 Å². The van der Waals surface area contributed by atoms with Crippen molar-refractivity contribution < 1.29 is 9.63 Å². The average Bonchev–Trinajstić information content (AvgIpc) is 3.58. The summed E-state index contributed by atoms with van der Waals surface area (Å²) >= 11 is 0. The summed E-state index contributed by atoms with van der Waals surface area (Å²) < 4.78 is 0. The first-order valence-electron chi connectivity index (χ1n) is 14.9. The van der Waals surface area contributed by atoms with E-state index in [-0.39, 0.29) is 16.9 Å². The predicted octanol–water partition coefficient (Wildman–Crippen LogP) is 6.56. The number of pyridine rings is 1. The van der Waals surface area contributed by atoms with E-state index >= 15 is 0 Å². The number of allylic oxidation sites excluding steroid dienone is 4. The Morgan fingerprint density at radius 2 is 2.00 bits per heavy atom. The zero-order chi connectivity index (χ0) is 26.3. The summed E-state index contributed by atoms with van der Waals surface area (Å²) in [6.07, 6.45) is 19.0. The molecule has 2 heterocycles. The van der Waals surface area contributed by atoms with Gasteiger partial charge in [0, 0.05) is 32.5 Å². The summed E-state index contributed by atoms with van der Waals surface area (Å²) in [5.41, 5.74) is 5.80. The molecule has 5 aliphatic rings. The van der Waals surface area contributed by atoms with Gasteiger partial charge < -0.3 is 9.80 Å². The number of hydrogen-bond donors (Lipinski definition) is 0. The fraction of sp³-hybridized carbons (Fsp3) is 0.656. The molecule has 1 aromatic heterocycles. The maximum atomic E-state index is 12.5. The Balaban J connectivity index is 1.11. The van der Waals surface area contributed by atoms with Crippen molar-refractivity contribution in [3.05, 3.63) is 47.8 Å². The molecule has 0 spiro atoms.